The molecule has 1 aromatic carbocycles. The Bertz CT molecular complexity index is 476. The first-order valence-electron chi connectivity index (χ1n) is 8.03. The number of methoxy groups -OCH3 is 1. The minimum absolute atomic E-state index is 0.124. The fourth-order valence-electron chi connectivity index (χ4n) is 3.41. The van der Waals surface area contributed by atoms with E-state index in [4.69, 9.17) is 4.74 Å². The van der Waals surface area contributed by atoms with Crippen LogP contribution in [0.25, 0.3) is 0 Å². The maximum atomic E-state index is 12.4. The van der Waals surface area contributed by atoms with Gasteiger partial charge in [-0.05, 0) is 50.2 Å². The van der Waals surface area contributed by atoms with Gasteiger partial charge in [0.05, 0.1) is 7.11 Å². The number of carbonyl (C=O) groups excluding carboxylic acids is 1. The second kappa shape index (κ2) is 6.97. The molecule has 21 heavy (non-hydrogen) atoms. The Labute approximate surface area is 128 Å². The van der Waals surface area contributed by atoms with Crippen molar-refractivity contribution in [2.45, 2.75) is 57.9 Å². The smallest absolute Gasteiger partial charge is 0.331 e. The molecule has 116 valence electrons. The number of carbonyl (C=O) groups is 1. The molecule has 0 saturated heterocycles. The molecule has 1 aliphatic rings. The van der Waals surface area contributed by atoms with Gasteiger partial charge in [-0.15, -0.1) is 0 Å². The van der Waals surface area contributed by atoms with Crippen LogP contribution in [0.1, 0.15) is 51.0 Å². The number of benzene rings is 1. The molecule has 3 nitrogen and oxygen atoms in total. The van der Waals surface area contributed by atoms with Gasteiger partial charge < -0.3 is 10.1 Å². The molecule has 0 bridgehead atoms. The van der Waals surface area contributed by atoms with Crippen LogP contribution in [0.3, 0.4) is 0 Å². The van der Waals surface area contributed by atoms with Gasteiger partial charge in [-0.25, -0.2) is 4.79 Å². The van der Waals surface area contributed by atoms with Crippen molar-refractivity contribution < 1.29 is 9.53 Å². The summed E-state index contributed by atoms with van der Waals surface area (Å²) in [5, 5.41) is 3.50. The number of ether oxygens (including phenoxy) is 1. The van der Waals surface area contributed by atoms with E-state index in [9.17, 15) is 4.79 Å². The zero-order valence-electron chi connectivity index (χ0n) is 13.4. The SMILES string of the molecule is CCCC1CCC(Nc2ccccc2C)(C(=O)OC)CC1. The number of esters is 1. The molecule has 3 heteroatoms. The van der Waals surface area contributed by atoms with E-state index in [1.165, 1.54) is 20.0 Å². The Hall–Kier alpha value is -1.51. The highest BCUT2D eigenvalue weighted by molar-refractivity contribution is 5.85. The second-order valence-corrected chi connectivity index (χ2v) is 6.25. The highest BCUT2D eigenvalue weighted by atomic mass is 16.5. The number of rotatable bonds is 5. The Kier molecular flexibility index (Phi) is 5.27. The number of anilines is 1. The molecule has 0 atom stereocenters. The first kappa shape index (κ1) is 15.9. The van der Waals surface area contributed by atoms with Gasteiger partial charge in [0, 0.05) is 5.69 Å². The van der Waals surface area contributed by atoms with Gasteiger partial charge in [0.25, 0.3) is 0 Å². The fraction of sp³-hybridized carbons (Fsp3) is 0.611. The third-order valence-corrected chi connectivity index (χ3v) is 4.75. The van der Waals surface area contributed by atoms with E-state index in [0.717, 1.165) is 42.9 Å². The third kappa shape index (κ3) is 3.58. The number of hydrogen-bond donors (Lipinski definition) is 1. The van der Waals surface area contributed by atoms with E-state index in [1.807, 2.05) is 18.2 Å². The largest absolute Gasteiger partial charge is 0.467 e. The van der Waals surface area contributed by atoms with Crippen molar-refractivity contribution >= 4 is 11.7 Å². The average molecular weight is 289 g/mol. The monoisotopic (exact) mass is 289 g/mol. The highest BCUT2D eigenvalue weighted by Crippen LogP contribution is 2.38. The summed E-state index contributed by atoms with van der Waals surface area (Å²) in [6.45, 7) is 4.30. The van der Waals surface area contributed by atoms with E-state index in [0.29, 0.717) is 0 Å². The third-order valence-electron chi connectivity index (χ3n) is 4.75. The van der Waals surface area contributed by atoms with Gasteiger partial charge in [-0.1, -0.05) is 38.0 Å². The summed E-state index contributed by atoms with van der Waals surface area (Å²) in [6, 6.07) is 8.13. The first-order chi connectivity index (χ1) is 10.1. The Morgan fingerprint density at radius 3 is 2.57 bits per heavy atom. The highest BCUT2D eigenvalue weighted by Gasteiger charge is 2.42. The van der Waals surface area contributed by atoms with E-state index in [2.05, 4.69) is 25.2 Å². The minimum atomic E-state index is -0.550. The van der Waals surface area contributed by atoms with E-state index < -0.39 is 5.54 Å². The Balaban J connectivity index is 2.16. The van der Waals surface area contributed by atoms with Crippen LogP contribution in [0, 0.1) is 12.8 Å². The van der Waals surface area contributed by atoms with Crippen LogP contribution < -0.4 is 5.32 Å². The van der Waals surface area contributed by atoms with Crippen molar-refractivity contribution in [3.63, 3.8) is 0 Å². The number of para-hydroxylation sites is 1. The van der Waals surface area contributed by atoms with Gasteiger partial charge in [0.2, 0.25) is 0 Å². The summed E-state index contributed by atoms with van der Waals surface area (Å²) >= 11 is 0. The normalized spacial score (nSPS) is 25.4. The second-order valence-electron chi connectivity index (χ2n) is 6.25. The zero-order valence-corrected chi connectivity index (χ0v) is 13.4. The zero-order chi connectivity index (χ0) is 15.3. The molecule has 0 heterocycles. The topological polar surface area (TPSA) is 38.3 Å². The van der Waals surface area contributed by atoms with Crippen LogP contribution in [0.5, 0.6) is 0 Å². The lowest BCUT2D eigenvalue weighted by molar-refractivity contribution is -0.147. The van der Waals surface area contributed by atoms with E-state index in [1.54, 1.807) is 0 Å². The lowest BCUT2D eigenvalue weighted by Gasteiger charge is -2.39. The number of nitrogens with one attached hydrogen (secondary N) is 1. The van der Waals surface area contributed by atoms with Gasteiger partial charge >= 0.3 is 5.97 Å². The van der Waals surface area contributed by atoms with E-state index >= 15 is 0 Å². The maximum absolute atomic E-state index is 12.4. The van der Waals surface area contributed by atoms with Crippen molar-refractivity contribution in [1.29, 1.82) is 0 Å². The quantitative estimate of drug-likeness (QED) is 0.821. The molecule has 1 saturated carbocycles. The van der Waals surface area contributed by atoms with Crippen LogP contribution >= 0.6 is 0 Å². The van der Waals surface area contributed by atoms with Crippen LogP contribution in [-0.4, -0.2) is 18.6 Å². The Morgan fingerprint density at radius 1 is 1.33 bits per heavy atom. The predicted molar refractivity (Wildman–Crippen MR) is 86.4 cm³/mol. The summed E-state index contributed by atoms with van der Waals surface area (Å²) in [4.78, 5) is 12.4. The molecular formula is C18H27NO2. The average Bonchev–Trinajstić information content (AvgIpc) is 2.51. The van der Waals surface area contributed by atoms with Crippen molar-refractivity contribution in [1.82, 2.24) is 0 Å². The summed E-state index contributed by atoms with van der Waals surface area (Å²) in [5.74, 6) is 0.632. The molecule has 2 rings (SSSR count). The minimum Gasteiger partial charge on any atom is -0.467 e. The molecule has 0 aliphatic heterocycles. The molecule has 0 unspecified atom stereocenters. The number of hydrogen-bond acceptors (Lipinski definition) is 3. The summed E-state index contributed by atoms with van der Waals surface area (Å²) in [5.41, 5.74) is 1.65. The number of aryl methyl sites for hydroxylation is 1. The predicted octanol–water partition coefficient (Wildman–Crippen LogP) is 4.31. The van der Waals surface area contributed by atoms with Crippen molar-refractivity contribution in [3.05, 3.63) is 29.8 Å². The molecule has 0 amide bonds. The molecule has 0 aromatic heterocycles. The lowest BCUT2D eigenvalue weighted by atomic mass is 9.75. The molecule has 1 fully saturated rings. The molecule has 1 aliphatic carbocycles. The van der Waals surface area contributed by atoms with Crippen LogP contribution in [-0.2, 0) is 9.53 Å². The molecule has 1 aromatic rings. The molecular weight excluding hydrogens is 262 g/mol. The fourth-order valence-corrected chi connectivity index (χ4v) is 3.41. The van der Waals surface area contributed by atoms with Crippen molar-refractivity contribution in [3.8, 4) is 0 Å². The van der Waals surface area contributed by atoms with E-state index in [-0.39, 0.29) is 5.97 Å². The van der Waals surface area contributed by atoms with Crippen LogP contribution in [0.15, 0.2) is 24.3 Å². The van der Waals surface area contributed by atoms with Crippen molar-refractivity contribution in [2.75, 3.05) is 12.4 Å². The van der Waals surface area contributed by atoms with Gasteiger partial charge in [0.15, 0.2) is 0 Å². The van der Waals surface area contributed by atoms with Crippen LogP contribution in [0.2, 0.25) is 0 Å². The maximum Gasteiger partial charge on any atom is 0.331 e. The first-order valence-corrected chi connectivity index (χ1v) is 8.03. The Morgan fingerprint density at radius 2 is 2.00 bits per heavy atom. The van der Waals surface area contributed by atoms with Crippen LogP contribution in [0.4, 0.5) is 5.69 Å². The van der Waals surface area contributed by atoms with Gasteiger partial charge in [-0.2, -0.15) is 0 Å². The molecule has 0 radical (unpaired) electrons. The summed E-state index contributed by atoms with van der Waals surface area (Å²) in [7, 11) is 1.49. The lowest BCUT2D eigenvalue weighted by Crippen LogP contribution is -2.50. The van der Waals surface area contributed by atoms with Gasteiger partial charge in [-0.3, -0.25) is 0 Å². The standard InChI is InChI=1S/C18H27NO2/c1-4-7-15-10-12-18(13-11-15,17(20)21-3)19-16-9-6-5-8-14(16)2/h5-6,8-9,15,19H,4,7,10-13H2,1-3H3. The molecule has 0 spiro atoms. The molecule has 1 N–H and O–H groups in total. The summed E-state index contributed by atoms with van der Waals surface area (Å²) in [6.07, 6.45) is 6.41. The van der Waals surface area contributed by atoms with Crippen molar-refractivity contribution in [2.24, 2.45) is 5.92 Å². The summed E-state index contributed by atoms with van der Waals surface area (Å²) < 4.78 is 5.10. The van der Waals surface area contributed by atoms with Gasteiger partial charge in [0.1, 0.15) is 5.54 Å².